The Morgan fingerprint density at radius 2 is 1.55 bits per heavy atom. The third kappa shape index (κ3) is 2.19. The molecule has 0 atom stereocenters. The van der Waals surface area contributed by atoms with E-state index in [0.29, 0.717) is 0 Å². The van der Waals surface area contributed by atoms with Crippen molar-refractivity contribution in [1.29, 1.82) is 0 Å². The number of alkyl halides is 4. The second kappa shape index (κ2) is 4.51. The number of nitrogens with one attached hydrogen (secondary N) is 1. The minimum atomic E-state index is -4.66. The highest BCUT2D eigenvalue weighted by Crippen LogP contribution is 2.47. The van der Waals surface area contributed by atoms with Crippen molar-refractivity contribution >= 4 is 0 Å². The Bertz CT molecular complexity index is 515. The van der Waals surface area contributed by atoms with Gasteiger partial charge in [-0.15, -0.1) is 0 Å². The molecule has 1 saturated heterocycles. The number of piperidine rings is 1. The third-order valence-corrected chi connectivity index (χ3v) is 3.59. The molecule has 0 aromatic heterocycles. The van der Waals surface area contributed by atoms with Gasteiger partial charge in [-0.05, 0) is 49.5 Å². The van der Waals surface area contributed by atoms with Gasteiger partial charge in [-0.25, -0.2) is 0 Å². The van der Waals surface area contributed by atoms with E-state index >= 15 is 0 Å². The lowest BCUT2D eigenvalue weighted by atomic mass is 9.90. The van der Waals surface area contributed by atoms with Gasteiger partial charge in [0.15, 0.2) is 11.5 Å². The molecule has 0 amide bonds. The minimum absolute atomic E-state index is 0.209. The maximum Gasteiger partial charge on any atom is 0.507 e. The van der Waals surface area contributed by atoms with Crippen LogP contribution in [0.25, 0.3) is 0 Å². The molecule has 1 aromatic carbocycles. The highest BCUT2D eigenvalue weighted by atomic mass is 19.3. The van der Waals surface area contributed by atoms with Crippen LogP contribution in [0.5, 0.6) is 11.5 Å². The smallest absolute Gasteiger partial charge is 0.421 e. The fraction of sp³-hybridized carbons (Fsp3) is 0.538. The molecule has 0 radical (unpaired) electrons. The van der Waals surface area contributed by atoms with Crippen LogP contribution >= 0.6 is 0 Å². The number of fused-ring (bicyclic) bond motifs is 1. The Labute approximate surface area is 112 Å². The summed E-state index contributed by atoms with van der Waals surface area (Å²) in [5, 5.41) is 3.20. The van der Waals surface area contributed by atoms with Crippen molar-refractivity contribution < 1.29 is 27.0 Å². The average molecular weight is 291 g/mol. The summed E-state index contributed by atoms with van der Waals surface area (Å²) in [5.41, 5.74) is 0.801. The maximum absolute atomic E-state index is 13.1. The summed E-state index contributed by atoms with van der Waals surface area (Å²) in [6.07, 6.45) is -7.58. The van der Waals surface area contributed by atoms with Crippen LogP contribution in [0.4, 0.5) is 17.6 Å². The first-order valence-electron chi connectivity index (χ1n) is 6.37. The fourth-order valence-electron chi connectivity index (χ4n) is 2.49. The van der Waals surface area contributed by atoms with Crippen LogP contribution in [0.2, 0.25) is 0 Å². The van der Waals surface area contributed by atoms with E-state index in [1.165, 1.54) is 12.1 Å². The van der Waals surface area contributed by atoms with Crippen molar-refractivity contribution in [1.82, 2.24) is 5.32 Å². The van der Waals surface area contributed by atoms with E-state index in [4.69, 9.17) is 0 Å². The Morgan fingerprint density at radius 3 is 2.20 bits per heavy atom. The largest absolute Gasteiger partial charge is 0.507 e. The summed E-state index contributed by atoms with van der Waals surface area (Å²) < 4.78 is 60.5. The van der Waals surface area contributed by atoms with Crippen molar-refractivity contribution in [2.45, 2.75) is 31.0 Å². The molecular formula is C13H13F4NO2. The number of halogens is 4. The van der Waals surface area contributed by atoms with Crippen LogP contribution in [-0.4, -0.2) is 25.3 Å². The summed E-state index contributed by atoms with van der Waals surface area (Å²) in [6.45, 7) is 1.68. The lowest BCUT2D eigenvalue weighted by Gasteiger charge is -2.32. The van der Waals surface area contributed by atoms with Gasteiger partial charge >= 0.3 is 12.2 Å². The molecule has 2 heterocycles. The lowest BCUT2D eigenvalue weighted by Crippen LogP contribution is -2.52. The van der Waals surface area contributed by atoms with Crippen molar-refractivity contribution in [2.24, 2.45) is 0 Å². The fourth-order valence-corrected chi connectivity index (χ4v) is 2.49. The summed E-state index contributed by atoms with van der Waals surface area (Å²) >= 11 is 0. The molecule has 0 unspecified atom stereocenters. The van der Waals surface area contributed by atoms with Gasteiger partial charge in [0.2, 0.25) is 0 Å². The van der Waals surface area contributed by atoms with Crippen LogP contribution < -0.4 is 14.8 Å². The van der Waals surface area contributed by atoms with E-state index in [0.717, 1.165) is 31.5 Å². The second-order valence-electron chi connectivity index (χ2n) is 4.97. The van der Waals surface area contributed by atoms with Gasteiger partial charge < -0.3 is 14.8 Å². The van der Waals surface area contributed by atoms with Crippen molar-refractivity contribution in [3.63, 3.8) is 0 Å². The minimum Gasteiger partial charge on any atom is -0.421 e. The van der Waals surface area contributed by atoms with E-state index in [9.17, 15) is 17.6 Å². The second-order valence-corrected chi connectivity index (χ2v) is 4.97. The molecule has 110 valence electrons. The quantitative estimate of drug-likeness (QED) is 0.806. The number of hydrogen-bond acceptors (Lipinski definition) is 3. The predicted molar refractivity (Wildman–Crippen MR) is 62.4 cm³/mol. The molecule has 0 spiro atoms. The zero-order chi connectivity index (χ0) is 14.4. The molecule has 3 rings (SSSR count). The molecule has 1 N–H and O–H groups in total. The van der Waals surface area contributed by atoms with Crippen LogP contribution in [-0.2, 0) is 0 Å². The van der Waals surface area contributed by atoms with Crippen LogP contribution in [0, 0.1) is 0 Å². The van der Waals surface area contributed by atoms with Gasteiger partial charge in [0.05, 0.1) is 0 Å². The number of benzene rings is 1. The summed E-state index contributed by atoms with van der Waals surface area (Å²) in [5.74, 6) is -0.489. The number of hydrogen-bond donors (Lipinski definition) is 1. The van der Waals surface area contributed by atoms with Crippen LogP contribution in [0.3, 0.4) is 0 Å². The first kappa shape index (κ1) is 13.5. The Balaban J connectivity index is 1.90. The van der Waals surface area contributed by atoms with Gasteiger partial charge in [0.25, 0.3) is 0 Å². The Hall–Kier alpha value is -1.50. The summed E-state index contributed by atoms with van der Waals surface area (Å²) in [4.78, 5) is 0. The highest BCUT2D eigenvalue weighted by molar-refractivity contribution is 5.45. The van der Waals surface area contributed by atoms with Crippen molar-refractivity contribution in [3.05, 3.63) is 23.8 Å². The Morgan fingerprint density at radius 1 is 0.950 bits per heavy atom. The van der Waals surface area contributed by atoms with Crippen LogP contribution in [0.15, 0.2) is 18.2 Å². The van der Waals surface area contributed by atoms with Gasteiger partial charge in [-0.2, -0.15) is 17.6 Å². The molecule has 3 nitrogen and oxygen atoms in total. The molecule has 2 aliphatic rings. The van der Waals surface area contributed by atoms with Gasteiger partial charge in [0.1, 0.15) is 0 Å². The molecule has 0 bridgehead atoms. The topological polar surface area (TPSA) is 30.5 Å². The Kier molecular flexibility index (Phi) is 3.04. The molecular weight excluding hydrogens is 278 g/mol. The van der Waals surface area contributed by atoms with E-state index in [1.807, 2.05) is 0 Å². The standard InChI is InChI=1S/C13H13F4NO2/c14-12(15)13(16,17)20-11-7-9(1-2-10(11)19-12)8-3-5-18-6-4-8/h1-2,7-8,18H,3-6H2. The SMILES string of the molecule is FC1(F)Oc2ccc(C3CCNCC3)cc2OC1(F)F. The zero-order valence-corrected chi connectivity index (χ0v) is 10.5. The molecule has 0 saturated carbocycles. The third-order valence-electron chi connectivity index (χ3n) is 3.59. The molecule has 7 heteroatoms. The number of ether oxygens (including phenoxy) is 2. The highest BCUT2D eigenvalue weighted by Gasteiger charge is 2.65. The molecule has 20 heavy (non-hydrogen) atoms. The van der Waals surface area contributed by atoms with Crippen LogP contribution in [0.1, 0.15) is 24.3 Å². The number of rotatable bonds is 1. The predicted octanol–water partition coefficient (Wildman–Crippen LogP) is 3.11. The zero-order valence-electron chi connectivity index (χ0n) is 10.5. The molecule has 2 aliphatic heterocycles. The van der Waals surface area contributed by atoms with Gasteiger partial charge in [0, 0.05) is 0 Å². The van der Waals surface area contributed by atoms with E-state index < -0.39 is 12.2 Å². The van der Waals surface area contributed by atoms with Crippen molar-refractivity contribution in [2.75, 3.05) is 13.1 Å². The maximum atomic E-state index is 13.1. The average Bonchev–Trinajstić information content (AvgIpc) is 2.40. The van der Waals surface area contributed by atoms with Gasteiger partial charge in [-0.1, -0.05) is 6.07 Å². The summed E-state index contributed by atoms with van der Waals surface area (Å²) in [7, 11) is 0. The molecule has 1 fully saturated rings. The first-order chi connectivity index (χ1) is 9.39. The molecule has 0 aliphatic carbocycles. The normalized spacial score (nSPS) is 24.4. The van der Waals surface area contributed by atoms with E-state index in [2.05, 4.69) is 14.8 Å². The molecule has 1 aromatic rings. The monoisotopic (exact) mass is 291 g/mol. The first-order valence-corrected chi connectivity index (χ1v) is 6.37. The lowest BCUT2D eigenvalue weighted by molar-refractivity contribution is -0.391. The summed E-state index contributed by atoms with van der Waals surface area (Å²) in [6, 6.07) is 4.25. The van der Waals surface area contributed by atoms with E-state index in [-0.39, 0.29) is 17.4 Å². The van der Waals surface area contributed by atoms with E-state index in [1.54, 1.807) is 6.07 Å². The van der Waals surface area contributed by atoms with Crippen molar-refractivity contribution in [3.8, 4) is 11.5 Å². The van der Waals surface area contributed by atoms with Gasteiger partial charge in [-0.3, -0.25) is 0 Å².